The second-order valence-corrected chi connectivity index (χ2v) is 10.1. The maximum atomic E-state index is 13.4. The van der Waals surface area contributed by atoms with Crippen molar-refractivity contribution in [2.75, 3.05) is 30.3 Å². The highest BCUT2D eigenvalue weighted by Crippen LogP contribution is 2.34. The predicted molar refractivity (Wildman–Crippen MR) is 162 cm³/mol. The molecule has 1 aliphatic rings. The summed E-state index contributed by atoms with van der Waals surface area (Å²) in [6, 6.07) is 28.1. The van der Waals surface area contributed by atoms with Gasteiger partial charge in [-0.1, -0.05) is 36.4 Å². The Morgan fingerprint density at radius 2 is 1.60 bits per heavy atom. The van der Waals surface area contributed by atoms with Crippen LogP contribution in [0.4, 0.5) is 11.4 Å². The van der Waals surface area contributed by atoms with Crippen LogP contribution in [0.5, 0.6) is 17.2 Å². The van der Waals surface area contributed by atoms with Crippen LogP contribution < -0.4 is 30.2 Å². The zero-order chi connectivity index (χ0) is 29.3. The Morgan fingerprint density at radius 1 is 0.833 bits per heavy atom. The van der Waals surface area contributed by atoms with E-state index in [1.54, 1.807) is 98.1 Å². The van der Waals surface area contributed by atoms with E-state index in [4.69, 9.17) is 14.2 Å². The largest absolute Gasteiger partial charge is 0.497 e. The molecule has 3 amide bonds. The highest BCUT2D eigenvalue weighted by atomic mass is 32.2. The van der Waals surface area contributed by atoms with Crippen molar-refractivity contribution in [2.45, 2.75) is 4.90 Å². The third kappa shape index (κ3) is 7.49. The minimum Gasteiger partial charge on any atom is -0.497 e. The molecule has 10 heteroatoms. The van der Waals surface area contributed by atoms with Crippen molar-refractivity contribution >= 4 is 46.9 Å². The van der Waals surface area contributed by atoms with Crippen LogP contribution in [0.2, 0.25) is 0 Å². The molecule has 212 valence electrons. The number of carbonyl (C=O) groups excluding carboxylic acids is 3. The first kappa shape index (κ1) is 28.3. The number of hydrogen-bond donors (Lipinski definition) is 3. The van der Waals surface area contributed by atoms with Gasteiger partial charge in [0, 0.05) is 27.9 Å². The molecule has 0 aromatic heterocycles. The number of amides is 3. The summed E-state index contributed by atoms with van der Waals surface area (Å²) in [6.07, 6.45) is 1.59. The molecule has 4 aromatic carbocycles. The maximum Gasteiger partial charge on any atom is 0.272 e. The lowest BCUT2D eigenvalue weighted by atomic mass is 10.1. The average molecular weight is 582 g/mol. The number of hydrogen-bond acceptors (Lipinski definition) is 7. The second-order valence-electron chi connectivity index (χ2n) is 9.04. The van der Waals surface area contributed by atoms with Gasteiger partial charge >= 0.3 is 0 Å². The Labute approximate surface area is 246 Å². The Morgan fingerprint density at radius 3 is 2.38 bits per heavy atom. The van der Waals surface area contributed by atoms with Gasteiger partial charge in [0.2, 0.25) is 12.7 Å². The van der Waals surface area contributed by atoms with Gasteiger partial charge in [-0.3, -0.25) is 14.4 Å². The molecule has 0 atom stereocenters. The van der Waals surface area contributed by atoms with E-state index in [-0.39, 0.29) is 24.2 Å². The van der Waals surface area contributed by atoms with Crippen molar-refractivity contribution in [2.24, 2.45) is 0 Å². The molecular weight excluding hydrogens is 554 g/mol. The van der Waals surface area contributed by atoms with E-state index >= 15 is 0 Å². The van der Waals surface area contributed by atoms with E-state index in [0.717, 1.165) is 4.90 Å². The van der Waals surface area contributed by atoms with Gasteiger partial charge in [0.15, 0.2) is 11.5 Å². The number of methoxy groups -OCH3 is 1. The first-order chi connectivity index (χ1) is 20.5. The van der Waals surface area contributed by atoms with Crippen LogP contribution in [-0.4, -0.2) is 37.4 Å². The number of nitrogens with one attached hydrogen (secondary N) is 3. The monoisotopic (exact) mass is 581 g/mol. The second kappa shape index (κ2) is 13.4. The lowest BCUT2D eigenvalue weighted by Gasteiger charge is -2.12. The number of anilines is 2. The number of carbonyl (C=O) groups is 3. The minimum absolute atomic E-state index is 0.0650. The summed E-state index contributed by atoms with van der Waals surface area (Å²) in [5.74, 6) is 0.946. The van der Waals surface area contributed by atoms with Crippen LogP contribution in [0, 0.1) is 0 Å². The molecular formula is C32H27N3O6S. The molecule has 9 nitrogen and oxygen atoms in total. The molecule has 0 bridgehead atoms. The van der Waals surface area contributed by atoms with Crippen molar-refractivity contribution in [3.63, 3.8) is 0 Å². The molecule has 0 unspecified atom stereocenters. The lowest BCUT2D eigenvalue weighted by Crippen LogP contribution is -2.30. The Balaban J connectivity index is 1.25. The van der Waals surface area contributed by atoms with E-state index in [1.807, 2.05) is 12.1 Å². The zero-order valence-electron chi connectivity index (χ0n) is 22.6. The molecule has 5 rings (SSSR count). The van der Waals surface area contributed by atoms with Gasteiger partial charge in [-0.15, -0.1) is 11.8 Å². The summed E-state index contributed by atoms with van der Waals surface area (Å²) in [6.45, 7) is 0.160. The first-order valence-corrected chi connectivity index (χ1v) is 13.9. The zero-order valence-corrected chi connectivity index (χ0v) is 23.4. The minimum atomic E-state index is -0.502. The molecule has 42 heavy (non-hydrogen) atoms. The molecule has 0 radical (unpaired) electrons. The fraction of sp³-hybridized carbons (Fsp3) is 0.0938. The van der Waals surface area contributed by atoms with E-state index < -0.39 is 11.8 Å². The van der Waals surface area contributed by atoms with E-state index in [0.29, 0.717) is 39.8 Å². The number of benzene rings is 4. The molecule has 3 N–H and O–H groups in total. The van der Waals surface area contributed by atoms with Gasteiger partial charge in [-0.25, -0.2) is 0 Å². The van der Waals surface area contributed by atoms with Crippen LogP contribution in [-0.2, 0) is 9.59 Å². The van der Waals surface area contributed by atoms with Crippen molar-refractivity contribution in [3.05, 3.63) is 114 Å². The molecule has 0 saturated carbocycles. The highest BCUT2D eigenvalue weighted by Gasteiger charge is 2.16. The van der Waals surface area contributed by atoms with E-state index in [1.165, 1.54) is 11.8 Å². The van der Waals surface area contributed by atoms with Gasteiger partial charge in [0.1, 0.15) is 11.4 Å². The molecule has 0 spiro atoms. The summed E-state index contributed by atoms with van der Waals surface area (Å²) >= 11 is 1.32. The third-order valence-electron chi connectivity index (χ3n) is 6.07. The summed E-state index contributed by atoms with van der Waals surface area (Å²) < 4.78 is 15.9. The Bertz CT molecular complexity index is 1620. The molecule has 0 fully saturated rings. The molecule has 0 aliphatic carbocycles. The van der Waals surface area contributed by atoms with Crippen LogP contribution in [0.15, 0.2) is 108 Å². The lowest BCUT2D eigenvalue weighted by molar-refractivity contribution is -0.114. The average Bonchev–Trinajstić information content (AvgIpc) is 3.49. The van der Waals surface area contributed by atoms with Crippen LogP contribution >= 0.6 is 11.8 Å². The van der Waals surface area contributed by atoms with Gasteiger partial charge < -0.3 is 30.2 Å². The first-order valence-electron chi connectivity index (χ1n) is 12.9. The quantitative estimate of drug-likeness (QED) is 0.166. The summed E-state index contributed by atoms with van der Waals surface area (Å²) in [4.78, 5) is 39.6. The fourth-order valence-corrected chi connectivity index (χ4v) is 4.75. The molecule has 4 aromatic rings. The molecule has 0 saturated heterocycles. The maximum absolute atomic E-state index is 13.4. The van der Waals surface area contributed by atoms with E-state index in [9.17, 15) is 14.4 Å². The van der Waals surface area contributed by atoms with Gasteiger partial charge in [-0.2, -0.15) is 0 Å². The van der Waals surface area contributed by atoms with Crippen molar-refractivity contribution in [1.29, 1.82) is 0 Å². The standard InChI is InChI=1S/C32H27N3O6S/c1-39-25-13-10-21(11-14-25)16-27(35-31(37)22-6-3-2-4-7-22)32(38)34-23-8-5-9-26(17-23)42-19-30(36)33-24-12-15-28-29(18-24)41-20-40-28/h2-18H,19-20H2,1H3,(H,33,36)(H,34,38)(H,35,37)/b27-16+. The number of thioether (sulfide) groups is 1. The molecule has 1 heterocycles. The van der Waals surface area contributed by atoms with Crippen LogP contribution in [0.1, 0.15) is 15.9 Å². The van der Waals surface area contributed by atoms with Crippen molar-refractivity contribution < 1.29 is 28.6 Å². The number of ether oxygens (including phenoxy) is 3. The summed E-state index contributed by atoms with van der Waals surface area (Å²) in [5.41, 5.74) is 2.31. The SMILES string of the molecule is COc1ccc(/C=C(/NC(=O)c2ccccc2)C(=O)Nc2cccc(SCC(=O)Nc3ccc4c(c3)OCO4)c2)cc1. The normalized spacial score (nSPS) is 11.9. The van der Waals surface area contributed by atoms with Crippen molar-refractivity contribution in [1.82, 2.24) is 5.32 Å². The summed E-state index contributed by atoms with van der Waals surface area (Å²) in [7, 11) is 1.57. The van der Waals surface area contributed by atoms with Gasteiger partial charge in [0.05, 0.1) is 12.9 Å². The molecule has 1 aliphatic heterocycles. The third-order valence-corrected chi connectivity index (χ3v) is 7.07. The number of fused-ring (bicyclic) bond motifs is 1. The van der Waals surface area contributed by atoms with E-state index in [2.05, 4.69) is 16.0 Å². The topological polar surface area (TPSA) is 115 Å². The van der Waals surface area contributed by atoms with Gasteiger partial charge in [0.25, 0.3) is 11.8 Å². The number of rotatable bonds is 10. The van der Waals surface area contributed by atoms with Crippen LogP contribution in [0.3, 0.4) is 0 Å². The van der Waals surface area contributed by atoms with Crippen LogP contribution in [0.25, 0.3) is 6.08 Å². The highest BCUT2D eigenvalue weighted by molar-refractivity contribution is 8.00. The Kier molecular flexibility index (Phi) is 9.05. The Hall–Kier alpha value is -5.22. The summed E-state index contributed by atoms with van der Waals surface area (Å²) in [5, 5.41) is 8.42. The van der Waals surface area contributed by atoms with Crippen molar-refractivity contribution in [3.8, 4) is 17.2 Å². The smallest absolute Gasteiger partial charge is 0.272 e. The predicted octanol–water partition coefficient (Wildman–Crippen LogP) is 5.56. The van der Waals surface area contributed by atoms with Gasteiger partial charge in [-0.05, 0) is 66.2 Å². The fourth-order valence-electron chi connectivity index (χ4n) is 3.99.